The van der Waals surface area contributed by atoms with Gasteiger partial charge in [-0.25, -0.2) is 0 Å². The molecular weight excluding hydrogens is 278 g/mol. The molecule has 2 unspecified atom stereocenters. The highest BCUT2D eigenvalue weighted by molar-refractivity contribution is 7.80. The summed E-state index contributed by atoms with van der Waals surface area (Å²) in [5.41, 5.74) is 5.14. The molecule has 0 radical (unpaired) electrons. The zero-order valence-corrected chi connectivity index (χ0v) is 12.3. The fourth-order valence-electron chi connectivity index (χ4n) is 3.39. The molecule has 3 aliphatic heterocycles. The molecule has 110 valence electrons. The van der Waals surface area contributed by atoms with E-state index < -0.39 is 17.7 Å². The molecule has 20 heavy (non-hydrogen) atoms. The molecule has 0 aromatic heterocycles. The van der Waals surface area contributed by atoms with Crippen molar-refractivity contribution in [3.63, 3.8) is 0 Å². The van der Waals surface area contributed by atoms with Crippen LogP contribution in [-0.4, -0.2) is 64.5 Å². The predicted octanol–water partition coefficient (Wildman–Crippen LogP) is -0.347. The quantitative estimate of drug-likeness (QED) is 0.555. The lowest BCUT2D eigenvalue weighted by Gasteiger charge is -2.48. The van der Waals surface area contributed by atoms with Crippen LogP contribution in [0.4, 0.5) is 0 Å². The molecule has 2 bridgehead atoms. The molecule has 2 atom stereocenters. The number of morpholine rings is 1. The number of carbonyl (C=O) groups is 2. The van der Waals surface area contributed by atoms with E-state index in [0.29, 0.717) is 25.7 Å². The summed E-state index contributed by atoms with van der Waals surface area (Å²) in [5, 5.41) is 0. The van der Waals surface area contributed by atoms with Gasteiger partial charge in [-0.15, -0.1) is 0 Å². The fraction of sp³-hybridized carbons (Fsp3) is 0.769. The zero-order valence-electron chi connectivity index (χ0n) is 11.5. The number of hydrogen-bond donors (Lipinski definition) is 1. The molecule has 3 rings (SSSR count). The molecule has 0 aromatic rings. The minimum Gasteiger partial charge on any atom is -0.391 e. The average Bonchev–Trinajstić information content (AvgIpc) is 2.86. The molecule has 0 aliphatic carbocycles. The van der Waals surface area contributed by atoms with Crippen molar-refractivity contribution in [1.82, 2.24) is 9.80 Å². The van der Waals surface area contributed by atoms with E-state index in [4.69, 9.17) is 22.7 Å². The molecule has 3 fully saturated rings. The van der Waals surface area contributed by atoms with Gasteiger partial charge in [0, 0.05) is 13.1 Å². The van der Waals surface area contributed by atoms with Crippen molar-refractivity contribution < 1.29 is 14.3 Å². The maximum Gasteiger partial charge on any atom is 0.259 e. The number of piperidine rings is 1. The van der Waals surface area contributed by atoms with Crippen LogP contribution in [0.5, 0.6) is 0 Å². The molecule has 0 spiro atoms. The molecule has 6 nitrogen and oxygen atoms in total. The van der Waals surface area contributed by atoms with E-state index in [2.05, 4.69) is 4.90 Å². The molecule has 0 aromatic carbocycles. The standard InChI is InChI=1S/C13H19N3O3S/c1-15-6-4-13(5-7-15,12(14)20)16-10(17)8-2-3-9(19-8)11(16)18/h8-9H,2-7H2,1H3,(H2,14,20). The minimum atomic E-state index is -0.805. The van der Waals surface area contributed by atoms with E-state index in [1.165, 1.54) is 4.90 Å². The molecule has 7 heteroatoms. The van der Waals surface area contributed by atoms with Crippen LogP contribution in [0.15, 0.2) is 0 Å². The number of carbonyl (C=O) groups excluding carboxylic acids is 2. The molecule has 0 saturated carbocycles. The molecule has 2 amide bonds. The fourth-order valence-corrected chi connectivity index (χ4v) is 3.68. The summed E-state index contributed by atoms with van der Waals surface area (Å²) in [6, 6.07) is 0. The molecule has 2 N–H and O–H groups in total. The SMILES string of the molecule is CN1CCC(C(N)=S)(N2C(=O)C3CCC(O3)C2=O)CC1. The second-order valence-electron chi connectivity index (χ2n) is 5.90. The van der Waals surface area contributed by atoms with E-state index in [-0.39, 0.29) is 16.8 Å². The largest absolute Gasteiger partial charge is 0.391 e. The van der Waals surface area contributed by atoms with Gasteiger partial charge in [0.25, 0.3) is 11.8 Å². The second kappa shape index (κ2) is 4.75. The van der Waals surface area contributed by atoms with Crippen LogP contribution in [0.1, 0.15) is 25.7 Å². The van der Waals surface area contributed by atoms with Crippen LogP contribution in [0.2, 0.25) is 0 Å². The number of hydrogen-bond acceptors (Lipinski definition) is 5. The van der Waals surface area contributed by atoms with Gasteiger partial charge in [0.05, 0.1) is 4.99 Å². The number of amides is 2. The van der Waals surface area contributed by atoms with Gasteiger partial charge < -0.3 is 15.4 Å². The van der Waals surface area contributed by atoms with E-state index in [0.717, 1.165) is 13.1 Å². The predicted molar refractivity (Wildman–Crippen MR) is 76.0 cm³/mol. The molecule has 3 heterocycles. The summed E-state index contributed by atoms with van der Waals surface area (Å²) in [4.78, 5) is 28.8. The van der Waals surface area contributed by atoms with Crippen molar-refractivity contribution in [3.8, 4) is 0 Å². The Kier molecular flexibility index (Phi) is 3.30. The zero-order chi connectivity index (χ0) is 14.5. The Hall–Kier alpha value is -1.05. The van der Waals surface area contributed by atoms with Crippen molar-refractivity contribution in [2.45, 2.75) is 43.4 Å². The van der Waals surface area contributed by atoms with Gasteiger partial charge in [-0.1, -0.05) is 12.2 Å². The Balaban J connectivity index is 1.97. The van der Waals surface area contributed by atoms with Gasteiger partial charge in [-0.3, -0.25) is 14.5 Å². The second-order valence-corrected chi connectivity index (χ2v) is 6.34. The van der Waals surface area contributed by atoms with Crippen LogP contribution < -0.4 is 5.73 Å². The van der Waals surface area contributed by atoms with Crippen LogP contribution in [0, 0.1) is 0 Å². The molecule has 3 saturated heterocycles. The molecule has 3 aliphatic rings. The highest BCUT2D eigenvalue weighted by Gasteiger charge is 2.55. The number of imide groups is 1. The molecular formula is C13H19N3O3S. The number of nitrogens with two attached hydrogens (primary N) is 1. The van der Waals surface area contributed by atoms with E-state index in [9.17, 15) is 9.59 Å². The number of nitrogens with zero attached hydrogens (tertiary/aromatic N) is 2. The van der Waals surface area contributed by atoms with Crippen molar-refractivity contribution >= 4 is 29.0 Å². The first-order valence-corrected chi connectivity index (χ1v) is 7.38. The summed E-state index contributed by atoms with van der Waals surface area (Å²) in [7, 11) is 2.01. The normalized spacial score (nSPS) is 33.5. The summed E-state index contributed by atoms with van der Waals surface area (Å²) < 4.78 is 5.45. The Morgan fingerprint density at radius 2 is 1.75 bits per heavy atom. The first kappa shape index (κ1) is 13.9. The maximum atomic E-state index is 12.5. The van der Waals surface area contributed by atoms with E-state index in [1.807, 2.05) is 7.05 Å². The third-order valence-electron chi connectivity index (χ3n) is 4.71. The smallest absolute Gasteiger partial charge is 0.259 e. The van der Waals surface area contributed by atoms with Gasteiger partial charge in [-0.2, -0.15) is 0 Å². The Labute approximate surface area is 123 Å². The van der Waals surface area contributed by atoms with Gasteiger partial charge in [-0.05, 0) is 32.7 Å². The number of rotatable bonds is 2. The monoisotopic (exact) mass is 297 g/mol. The first-order valence-electron chi connectivity index (χ1n) is 6.97. The lowest BCUT2D eigenvalue weighted by atomic mass is 9.84. The van der Waals surface area contributed by atoms with Crippen molar-refractivity contribution in [1.29, 1.82) is 0 Å². The number of thiocarbonyl (C=S) groups is 1. The van der Waals surface area contributed by atoms with Crippen LogP contribution in [0.25, 0.3) is 0 Å². The highest BCUT2D eigenvalue weighted by Crippen LogP contribution is 2.37. The third-order valence-corrected chi connectivity index (χ3v) is 5.09. The average molecular weight is 297 g/mol. The van der Waals surface area contributed by atoms with Gasteiger partial charge in [0.15, 0.2) is 0 Å². The van der Waals surface area contributed by atoms with Gasteiger partial charge >= 0.3 is 0 Å². The third kappa shape index (κ3) is 1.88. The summed E-state index contributed by atoms with van der Waals surface area (Å²) >= 11 is 5.22. The number of fused-ring (bicyclic) bond motifs is 2. The van der Waals surface area contributed by atoms with Crippen molar-refractivity contribution in [2.75, 3.05) is 20.1 Å². The highest BCUT2D eigenvalue weighted by atomic mass is 32.1. The van der Waals surface area contributed by atoms with Gasteiger partial charge in [0.1, 0.15) is 17.7 Å². The van der Waals surface area contributed by atoms with Crippen LogP contribution in [-0.2, 0) is 14.3 Å². The topological polar surface area (TPSA) is 75.9 Å². The number of likely N-dealkylation sites (tertiary alicyclic amines) is 2. The number of ether oxygens (including phenoxy) is 1. The maximum absolute atomic E-state index is 12.5. The van der Waals surface area contributed by atoms with Crippen molar-refractivity contribution in [3.05, 3.63) is 0 Å². The lowest BCUT2D eigenvalue weighted by molar-refractivity contribution is -0.175. The summed E-state index contributed by atoms with van der Waals surface area (Å²) in [6.07, 6.45) is 1.44. The Morgan fingerprint density at radius 1 is 1.25 bits per heavy atom. The van der Waals surface area contributed by atoms with Crippen LogP contribution in [0.3, 0.4) is 0 Å². The van der Waals surface area contributed by atoms with Crippen molar-refractivity contribution in [2.24, 2.45) is 5.73 Å². The summed E-state index contributed by atoms with van der Waals surface area (Å²) in [6.45, 7) is 1.54. The minimum absolute atomic E-state index is 0.244. The first-order chi connectivity index (χ1) is 9.45. The Morgan fingerprint density at radius 3 is 2.20 bits per heavy atom. The lowest BCUT2D eigenvalue weighted by Crippen LogP contribution is -2.68. The van der Waals surface area contributed by atoms with E-state index >= 15 is 0 Å². The summed E-state index contributed by atoms with van der Waals surface area (Å²) in [5.74, 6) is -0.526. The Bertz CT molecular complexity index is 451. The van der Waals surface area contributed by atoms with Crippen LogP contribution >= 0.6 is 12.2 Å². The van der Waals surface area contributed by atoms with E-state index in [1.54, 1.807) is 0 Å². The van der Waals surface area contributed by atoms with Gasteiger partial charge in [0.2, 0.25) is 0 Å².